The van der Waals surface area contributed by atoms with E-state index in [9.17, 15) is 4.79 Å². The maximum atomic E-state index is 10.6. The maximum absolute atomic E-state index is 10.6. The first-order valence-electron chi connectivity index (χ1n) is 4.47. The van der Waals surface area contributed by atoms with Crippen LogP contribution < -0.4 is 0 Å². The van der Waals surface area contributed by atoms with Crippen LogP contribution in [0.25, 0.3) is 0 Å². The monoisotopic (exact) mass is 202 g/mol. The highest BCUT2D eigenvalue weighted by Crippen LogP contribution is 2.12. The van der Waals surface area contributed by atoms with E-state index in [2.05, 4.69) is 6.58 Å². The topological polar surface area (TPSA) is 44.8 Å². The lowest BCUT2D eigenvalue weighted by molar-refractivity contribution is -0.199. The van der Waals surface area contributed by atoms with Gasteiger partial charge in [0.1, 0.15) is 6.10 Å². The van der Waals surface area contributed by atoms with Crippen molar-refractivity contribution in [2.75, 3.05) is 6.61 Å². The van der Waals surface area contributed by atoms with Gasteiger partial charge in [0.25, 0.3) is 0 Å². The van der Waals surface area contributed by atoms with E-state index in [-0.39, 0.29) is 12.1 Å². The lowest BCUT2D eigenvalue weighted by Gasteiger charge is -2.25. The van der Waals surface area contributed by atoms with Crippen LogP contribution in [0.3, 0.4) is 0 Å². The highest BCUT2D eigenvalue weighted by molar-refractivity contribution is 5.66. The summed E-state index contributed by atoms with van der Waals surface area (Å²) in [7, 11) is 0. The molecule has 1 atom stereocenters. The summed E-state index contributed by atoms with van der Waals surface area (Å²) in [6, 6.07) is 0. The molecule has 0 fully saturated rings. The van der Waals surface area contributed by atoms with E-state index in [4.69, 9.17) is 14.2 Å². The van der Waals surface area contributed by atoms with E-state index >= 15 is 0 Å². The van der Waals surface area contributed by atoms with Crippen molar-refractivity contribution >= 4 is 5.97 Å². The summed E-state index contributed by atoms with van der Waals surface area (Å²) in [6.07, 6.45) is 1.04. The second-order valence-corrected chi connectivity index (χ2v) is 3.42. The standard InChI is InChI=1S/C10H18O4/c1-6-12-10(4,5)13-7-8(2)14-9(3)11/h6,8H,1,7H2,2-5H3. The summed E-state index contributed by atoms with van der Waals surface area (Å²) >= 11 is 0. The third-order valence-corrected chi connectivity index (χ3v) is 1.40. The molecule has 0 bridgehead atoms. The smallest absolute Gasteiger partial charge is 0.302 e. The van der Waals surface area contributed by atoms with Crippen LogP contribution in [-0.2, 0) is 19.0 Å². The third-order valence-electron chi connectivity index (χ3n) is 1.40. The number of rotatable bonds is 6. The SMILES string of the molecule is C=COC(C)(C)OCC(C)OC(C)=O. The lowest BCUT2D eigenvalue weighted by Crippen LogP contribution is -2.31. The van der Waals surface area contributed by atoms with Crippen LogP contribution in [-0.4, -0.2) is 24.5 Å². The zero-order valence-corrected chi connectivity index (χ0v) is 9.20. The van der Waals surface area contributed by atoms with E-state index in [0.717, 1.165) is 0 Å². The predicted molar refractivity (Wildman–Crippen MR) is 52.5 cm³/mol. The van der Waals surface area contributed by atoms with E-state index in [1.807, 2.05) is 0 Å². The Balaban J connectivity index is 3.80. The maximum Gasteiger partial charge on any atom is 0.302 e. The average Bonchev–Trinajstić information content (AvgIpc) is 2.00. The van der Waals surface area contributed by atoms with Gasteiger partial charge < -0.3 is 14.2 Å². The fraction of sp³-hybridized carbons (Fsp3) is 0.700. The first-order chi connectivity index (χ1) is 6.37. The molecule has 4 nitrogen and oxygen atoms in total. The predicted octanol–water partition coefficient (Wildman–Crippen LogP) is 1.85. The molecule has 0 aromatic carbocycles. The summed E-state index contributed by atoms with van der Waals surface area (Å²) in [5.74, 6) is -1.06. The zero-order valence-electron chi connectivity index (χ0n) is 9.20. The molecule has 0 aromatic heterocycles. The van der Waals surface area contributed by atoms with Gasteiger partial charge in [-0.3, -0.25) is 4.79 Å². The molecule has 0 saturated carbocycles. The minimum absolute atomic E-state index is 0.278. The molecule has 0 radical (unpaired) electrons. The molecule has 0 heterocycles. The quantitative estimate of drug-likeness (QED) is 0.374. The van der Waals surface area contributed by atoms with Crippen molar-refractivity contribution in [2.24, 2.45) is 0 Å². The molecular formula is C10H18O4. The fourth-order valence-corrected chi connectivity index (χ4v) is 0.870. The second kappa shape index (κ2) is 5.65. The van der Waals surface area contributed by atoms with E-state index in [1.54, 1.807) is 20.8 Å². The largest absolute Gasteiger partial charge is 0.471 e. The van der Waals surface area contributed by atoms with E-state index < -0.39 is 5.79 Å². The first kappa shape index (κ1) is 13.0. The Kier molecular flexibility index (Phi) is 5.23. The van der Waals surface area contributed by atoms with Crippen molar-refractivity contribution in [3.63, 3.8) is 0 Å². The summed E-state index contributed by atoms with van der Waals surface area (Å²) < 4.78 is 15.3. The summed E-state index contributed by atoms with van der Waals surface area (Å²) in [4.78, 5) is 10.6. The summed E-state index contributed by atoms with van der Waals surface area (Å²) in [6.45, 7) is 10.4. The van der Waals surface area contributed by atoms with Gasteiger partial charge in [-0.05, 0) is 6.92 Å². The minimum Gasteiger partial charge on any atom is -0.471 e. The first-order valence-corrected chi connectivity index (χ1v) is 4.47. The summed E-state index contributed by atoms with van der Waals surface area (Å²) in [5.41, 5.74) is 0. The Morgan fingerprint density at radius 2 is 2.14 bits per heavy atom. The number of esters is 1. The van der Waals surface area contributed by atoms with Crippen LogP contribution in [0.4, 0.5) is 0 Å². The van der Waals surface area contributed by atoms with Gasteiger partial charge in [0.2, 0.25) is 5.79 Å². The van der Waals surface area contributed by atoms with Crippen molar-refractivity contribution in [1.82, 2.24) is 0 Å². The highest BCUT2D eigenvalue weighted by atomic mass is 16.7. The molecule has 4 heteroatoms. The fourth-order valence-electron chi connectivity index (χ4n) is 0.870. The molecule has 82 valence electrons. The molecule has 0 spiro atoms. The number of ether oxygens (including phenoxy) is 3. The molecule has 0 aromatic rings. The van der Waals surface area contributed by atoms with Gasteiger partial charge in [0.15, 0.2) is 0 Å². The Bertz CT molecular complexity index is 198. The van der Waals surface area contributed by atoms with Crippen molar-refractivity contribution in [3.8, 4) is 0 Å². The molecular weight excluding hydrogens is 184 g/mol. The second-order valence-electron chi connectivity index (χ2n) is 3.42. The Hall–Kier alpha value is -1.03. The van der Waals surface area contributed by atoms with Gasteiger partial charge in [-0.25, -0.2) is 0 Å². The van der Waals surface area contributed by atoms with Crippen LogP contribution >= 0.6 is 0 Å². The molecule has 0 aliphatic heterocycles. The van der Waals surface area contributed by atoms with Gasteiger partial charge in [-0.2, -0.15) is 0 Å². The van der Waals surface area contributed by atoms with Gasteiger partial charge >= 0.3 is 5.97 Å². The highest BCUT2D eigenvalue weighted by Gasteiger charge is 2.19. The molecule has 0 aliphatic carbocycles. The van der Waals surface area contributed by atoms with Gasteiger partial charge in [0, 0.05) is 20.8 Å². The Labute approximate surface area is 84.8 Å². The van der Waals surface area contributed by atoms with Gasteiger partial charge in [-0.1, -0.05) is 6.58 Å². The lowest BCUT2D eigenvalue weighted by atomic mass is 10.3. The van der Waals surface area contributed by atoms with Crippen molar-refractivity contribution in [3.05, 3.63) is 12.8 Å². The van der Waals surface area contributed by atoms with Crippen LogP contribution in [0.1, 0.15) is 27.7 Å². The number of carbonyl (C=O) groups is 1. The van der Waals surface area contributed by atoms with Crippen LogP contribution in [0.2, 0.25) is 0 Å². The van der Waals surface area contributed by atoms with Crippen molar-refractivity contribution in [2.45, 2.75) is 39.6 Å². The van der Waals surface area contributed by atoms with E-state index in [0.29, 0.717) is 6.61 Å². The van der Waals surface area contributed by atoms with Crippen molar-refractivity contribution in [1.29, 1.82) is 0 Å². The Morgan fingerprint density at radius 1 is 1.57 bits per heavy atom. The van der Waals surface area contributed by atoms with Crippen molar-refractivity contribution < 1.29 is 19.0 Å². The zero-order chi connectivity index (χ0) is 11.2. The average molecular weight is 202 g/mol. The molecule has 0 saturated heterocycles. The Morgan fingerprint density at radius 3 is 2.57 bits per heavy atom. The molecule has 1 unspecified atom stereocenters. The molecule has 0 rings (SSSR count). The number of hydrogen-bond acceptors (Lipinski definition) is 4. The third kappa shape index (κ3) is 6.48. The molecule has 0 N–H and O–H groups in total. The number of carbonyl (C=O) groups excluding carboxylic acids is 1. The van der Waals surface area contributed by atoms with Crippen LogP contribution in [0.5, 0.6) is 0 Å². The molecule has 0 aliphatic rings. The minimum atomic E-state index is -0.740. The molecule has 14 heavy (non-hydrogen) atoms. The van der Waals surface area contributed by atoms with Crippen LogP contribution in [0.15, 0.2) is 12.8 Å². The van der Waals surface area contributed by atoms with Crippen LogP contribution in [0, 0.1) is 0 Å². The molecule has 0 amide bonds. The number of hydrogen-bond donors (Lipinski definition) is 0. The van der Waals surface area contributed by atoms with Gasteiger partial charge in [-0.15, -0.1) is 0 Å². The van der Waals surface area contributed by atoms with Gasteiger partial charge in [0.05, 0.1) is 12.9 Å². The normalized spacial score (nSPS) is 13.1. The van der Waals surface area contributed by atoms with E-state index in [1.165, 1.54) is 13.2 Å². The summed E-state index contributed by atoms with van der Waals surface area (Å²) in [5, 5.41) is 0.